The predicted molar refractivity (Wildman–Crippen MR) is 81.9 cm³/mol. The first-order valence-corrected chi connectivity index (χ1v) is 7.46. The molecule has 92 valence electrons. The van der Waals surface area contributed by atoms with Crippen molar-refractivity contribution in [1.82, 2.24) is 0 Å². The first-order chi connectivity index (χ1) is 8.88. The van der Waals surface area contributed by atoms with Gasteiger partial charge in [-0.15, -0.1) is 11.8 Å². The Bertz CT molecular complexity index is 442. The zero-order chi connectivity index (χ0) is 12.6. The standard InChI is InChI=1S/C17H18S/c1-18-14-17(12-15-8-4-2-5-9-15)13-16-10-6-3-7-11-16/h2-11,14H,12-13H2,1H3. The monoisotopic (exact) mass is 254 g/mol. The normalized spacial score (nSPS) is 10.1. The summed E-state index contributed by atoms with van der Waals surface area (Å²) in [4.78, 5) is 0. The maximum Gasteiger partial charge on any atom is -0.00556 e. The van der Waals surface area contributed by atoms with Gasteiger partial charge in [0, 0.05) is 0 Å². The van der Waals surface area contributed by atoms with Crippen molar-refractivity contribution in [1.29, 1.82) is 0 Å². The Balaban J connectivity index is 2.08. The summed E-state index contributed by atoms with van der Waals surface area (Å²) in [6, 6.07) is 21.3. The van der Waals surface area contributed by atoms with Crippen molar-refractivity contribution in [3.63, 3.8) is 0 Å². The molecule has 0 radical (unpaired) electrons. The molecule has 0 aliphatic heterocycles. The fraction of sp³-hybridized carbons (Fsp3) is 0.176. The third-order valence-corrected chi connectivity index (χ3v) is 3.40. The molecule has 18 heavy (non-hydrogen) atoms. The third kappa shape index (κ3) is 4.08. The molecule has 0 saturated heterocycles. The van der Waals surface area contributed by atoms with Crippen LogP contribution < -0.4 is 0 Å². The molecule has 0 saturated carbocycles. The molecule has 2 aromatic rings. The maximum atomic E-state index is 2.28. The SMILES string of the molecule is CSC=C(Cc1ccccc1)Cc1ccccc1. The Labute approximate surface area is 114 Å². The van der Waals surface area contributed by atoms with Crippen molar-refractivity contribution in [3.05, 3.63) is 82.8 Å². The second-order valence-corrected chi connectivity index (χ2v) is 5.04. The van der Waals surface area contributed by atoms with Crippen molar-refractivity contribution in [3.8, 4) is 0 Å². The van der Waals surface area contributed by atoms with Crippen molar-refractivity contribution < 1.29 is 0 Å². The van der Waals surface area contributed by atoms with E-state index in [1.165, 1.54) is 16.7 Å². The molecule has 2 aromatic carbocycles. The molecule has 0 fully saturated rings. The number of hydrogen-bond donors (Lipinski definition) is 0. The zero-order valence-electron chi connectivity index (χ0n) is 10.7. The Morgan fingerprint density at radius 3 is 1.67 bits per heavy atom. The smallest absolute Gasteiger partial charge is 0.00556 e. The average molecular weight is 254 g/mol. The molecule has 0 N–H and O–H groups in total. The molecule has 2 rings (SSSR count). The van der Waals surface area contributed by atoms with Crippen LogP contribution in [0.5, 0.6) is 0 Å². The summed E-state index contributed by atoms with van der Waals surface area (Å²) >= 11 is 1.79. The van der Waals surface area contributed by atoms with Gasteiger partial charge in [0.2, 0.25) is 0 Å². The van der Waals surface area contributed by atoms with Gasteiger partial charge in [-0.2, -0.15) is 0 Å². The quantitative estimate of drug-likeness (QED) is 0.744. The van der Waals surface area contributed by atoms with Crippen molar-refractivity contribution in [2.24, 2.45) is 0 Å². The van der Waals surface area contributed by atoms with E-state index in [9.17, 15) is 0 Å². The van der Waals surface area contributed by atoms with Gasteiger partial charge in [0.15, 0.2) is 0 Å². The number of thioether (sulfide) groups is 1. The first kappa shape index (κ1) is 13.0. The van der Waals surface area contributed by atoms with Gasteiger partial charge < -0.3 is 0 Å². The molecule has 0 spiro atoms. The lowest BCUT2D eigenvalue weighted by Crippen LogP contribution is -1.95. The van der Waals surface area contributed by atoms with Gasteiger partial charge in [-0.05, 0) is 35.6 Å². The summed E-state index contributed by atoms with van der Waals surface area (Å²) < 4.78 is 0. The number of hydrogen-bond acceptors (Lipinski definition) is 1. The van der Waals surface area contributed by atoms with Crippen LogP contribution in [0.25, 0.3) is 0 Å². The molecule has 0 nitrogen and oxygen atoms in total. The molecule has 0 aliphatic carbocycles. The van der Waals surface area contributed by atoms with E-state index >= 15 is 0 Å². The molecule has 0 aliphatic rings. The van der Waals surface area contributed by atoms with E-state index in [2.05, 4.69) is 72.3 Å². The minimum Gasteiger partial charge on any atom is -0.138 e. The maximum absolute atomic E-state index is 2.28. The largest absolute Gasteiger partial charge is 0.138 e. The molecular weight excluding hydrogens is 236 g/mol. The highest BCUT2D eigenvalue weighted by Gasteiger charge is 2.01. The second-order valence-electron chi connectivity index (χ2n) is 4.34. The predicted octanol–water partition coefficient (Wildman–Crippen LogP) is 4.72. The van der Waals surface area contributed by atoms with E-state index in [0.717, 1.165) is 12.8 Å². The highest BCUT2D eigenvalue weighted by atomic mass is 32.2. The molecule has 0 bridgehead atoms. The fourth-order valence-electron chi connectivity index (χ4n) is 2.03. The number of benzene rings is 2. The molecule has 1 heteroatoms. The van der Waals surface area contributed by atoms with Crippen LogP contribution in [0.3, 0.4) is 0 Å². The lowest BCUT2D eigenvalue weighted by atomic mass is 10.00. The summed E-state index contributed by atoms with van der Waals surface area (Å²) in [5.41, 5.74) is 4.24. The Morgan fingerprint density at radius 1 is 0.833 bits per heavy atom. The lowest BCUT2D eigenvalue weighted by Gasteiger charge is -2.08. The van der Waals surface area contributed by atoms with Crippen molar-refractivity contribution in [2.75, 3.05) is 6.26 Å². The van der Waals surface area contributed by atoms with Gasteiger partial charge >= 0.3 is 0 Å². The Kier molecular flexibility index (Phi) is 5.10. The van der Waals surface area contributed by atoms with E-state index in [0.29, 0.717) is 0 Å². The van der Waals surface area contributed by atoms with Crippen molar-refractivity contribution >= 4 is 11.8 Å². The van der Waals surface area contributed by atoms with Crippen LogP contribution in [-0.2, 0) is 12.8 Å². The molecule has 0 aromatic heterocycles. The van der Waals surface area contributed by atoms with Crippen LogP contribution >= 0.6 is 11.8 Å². The minimum atomic E-state index is 1.04. The van der Waals surface area contributed by atoms with Crippen LogP contribution in [-0.4, -0.2) is 6.26 Å². The van der Waals surface area contributed by atoms with Gasteiger partial charge in [0.05, 0.1) is 0 Å². The van der Waals surface area contributed by atoms with E-state index in [1.54, 1.807) is 11.8 Å². The summed E-state index contributed by atoms with van der Waals surface area (Å²) in [5, 5.41) is 2.28. The van der Waals surface area contributed by atoms with Gasteiger partial charge in [-0.1, -0.05) is 66.2 Å². The van der Waals surface area contributed by atoms with Gasteiger partial charge in [0.25, 0.3) is 0 Å². The van der Waals surface area contributed by atoms with E-state index in [-0.39, 0.29) is 0 Å². The zero-order valence-corrected chi connectivity index (χ0v) is 11.5. The third-order valence-electron chi connectivity index (χ3n) is 2.83. The van der Waals surface area contributed by atoms with Gasteiger partial charge in [-0.3, -0.25) is 0 Å². The van der Waals surface area contributed by atoms with Crippen LogP contribution in [0.15, 0.2) is 71.6 Å². The highest BCUT2D eigenvalue weighted by molar-refractivity contribution is 8.01. The fourth-order valence-corrected chi connectivity index (χ4v) is 2.53. The van der Waals surface area contributed by atoms with Gasteiger partial charge in [0.1, 0.15) is 0 Å². The summed E-state index contributed by atoms with van der Waals surface area (Å²) in [6.07, 6.45) is 4.20. The number of allylic oxidation sites excluding steroid dienone is 1. The lowest BCUT2D eigenvalue weighted by molar-refractivity contribution is 1.04. The highest BCUT2D eigenvalue weighted by Crippen LogP contribution is 2.16. The Morgan fingerprint density at radius 2 is 1.28 bits per heavy atom. The minimum absolute atomic E-state index is 1.04. The van der Waals surface area contributed by atoms with Crippen LogP contribution in [0.2, 0.25) is 0 Å². The molecular formula is C17H18S. The first-order valence-electron chi connectivity index (χ1n) is 6.17. The Hall–Kier alpha value is -1.47. The molecule has 0 amide bonds. The number of rotatable bonds is 5. The second kappa shape index (κ2) is 7.07. The average Bonchev–Trinajstić information content (AvgIpc) is 2.41. The van der Waals surface area contributed by atoms with E-state index < -0.39 is 0 Å². The van der Waals surface area contributed by atoms with Crippen LogP contribution in [0.4, 0.5) is 0 Å². The van der Waals surface area contributed by atoms with E-state index in [1.807, 2.05) is 0 Å². The van der Waals surface area contributed by atoms with Crippen molar-refractivity contribution in [2.45, 2.75) is 12.8 Å². The van der Waals surface area contributed by atoms with Crippen LogP contribution in [0, 0.1) is 0 Å². The summed E-state index contributed by atoms with van der Waals surface area (Å²) in [5.74, 6) is 0. The van der Waals surface area contributed by atoms with Gasteiger partial charge in [-0.25, -0.2) is 0 Å². The molecule has 0 unspecified atom stereocenters. The summed E-state index contributed by atoms with van der Waals surface area (Å²) in [6.45, 7) is 0. The molecule has 0 atom stereocenters. The topological polar surface area (TPSA) is 0 Å². The van der Waals surface area contributed by atoms with Crippen LogP contribution in [0.1, 0.15) is 11.1 Å². The van der Waals surface area contributed by atoms with E-state index in [4.69, 9.17) is 0 Å². The summed E-state index contributed by atoms with van der Waals surface area (Å²) in [7, 11) is 0. The molecule has 0 heterocycles.